The average Bonchev–Trinajstić information content (AvgIpc) is 3.65. The molecule has 3 heterocycles. The minimum Gasteiger partial charge on any atom is -0.497 e. The van der Waals surface area contributed by atoms with Crippen molar-refractivity contribution in [1.82, 2.24) is 29.3 Å². The Bertz CT molecular complexity index is 1670. The third-order valence-corrected chi connectivity index (χ3v) is 6.68. The van der Waals surface area contributed by atoms with Gasteiger partial charge >= 0.3 is 0 Å². The van der Waals surface area contributed by atoms with E-state index in [2.05, 4.69) is 9.97 Å². The Labute approximate surface area is 205 Å². The summed E-state index contributed by atoms with van der Waals surface area (Å²) in [5.74, 6) is 0.996. The Kier molecular flexibility index (Phi) is 5.17. The molecule has 5 aromatic rings. The number of hydrogen-bond acceptors (Lipinski definition) is 7. The van der Waals surface area contributed by atoms with Gasteiger partial charge in [0.25, 0.3) is 5.56 Å². The van der Waals surface area contributed by atoms with E-state index in [0.29, 0.717) is 40.3 Å². The predicted molar refractivity (Wildman–Crippen MR) is 134 cm³/mol. The minimum atomic E-state index is -0.564. The number of rotatable bonds is 6. The van der Waals surface area contributed by atoms with Gasteiger partial charge in [-0.05, 0) is 55.7 Å². The summed E-state index contributed by atoms with van der Waals surface area (Å²) in [7, 11) is 1.61. The molecule has 9 nitrogen and oxygen atoms in total. The molecule has 1 atom stereocenters. The van der Waals surface area contributed by atoms with Gasteiger partial charge in [-0.25, -0.2) is 24.0 Å². The number of hydrogen-bond donors (Lipinski definition) is 1. The molecule has 1 saturated carbocycles. The van der Waals surface area contributed by atoms with Crippen LogP contribution in [-0.2, 0) is 0 Å². The molecule has 1 aliphatic rings. The summed E-state index contributed by atoms with van der Waals surface area (Å²) in [5.41, 5.74) is 8.25. The minimum absolute atomic E-state index is 0.0128. The summed E-state index contributed by atoms with van der Waals surface area (Å²) in [6.07, 6.45) is 3.66. The van der Waals surface area contributed by atoms with Crippen molar-refractivity contribution in [2.75, 3.05) is 12.8 Å². The van der Waals surface area contributed by atoms with Crippen LogP contribution in [0.3, 0.4) is 0 Å². The van der Waals surface area contributed by atoms with E-state index in [1.54, 1.807) is 28.5 Å². The van der Waals surface area contributed by atoms with Gasteiger partial charge in [0.05, 0.1) is 18.0 Å². The highest BCUT2D eigenvalue weighted by atomic mass is 19.1. The highest BCUT2D eigenvalue weighted by molar-refractivity contribution is 5.98. The number of nitrogens with two attached hydrogens (primary N) is 1. The number of halogens is 1. The zero-order valence-electron chi connectivity index (χ0n) is 19.8. The smallest absolute Gasteiger partial charge is 0.264 e. The van der Waals surface area contributed by atoms with Crippen LogP contribution in [-0.4, -0.2) is 36.4 Å². The molecule has 0 saturated heterocycles. The van der Waals surface area contributed by atoms with Crippen molar-refractivity contribution >= 4 is 27.8 Å². The van der Waals surface area contributed by atoms with Crippen LogP contribution in [0.25, 0.3) is 33.2 Å². The van der Waals surface area contributed by atoms with Crippen molar-refractivity contribution in [3.63, 3.8) is 0 Å². The first-order chi connectivity index (χ1) is 17.5. The second-order valence-electron chi connectivity index (χ2n) is 8.91. The average molecular weight is 486 g/mol. The van der Waals surface area contributed by atoms with Gasteiger partial charge in [-0.15, -0.1) is 0 Å². The lowest BCUT2D eigenvalue weighted by Crippen LogP contribution is -2.29. The maximum Gasteiger partial charge on any atom is 0.264 e. The number of ether oxygens (including phenoxy) is 1. The van der Waals surface area contributed by atoms with Gasteiger partial charge in [0.2, 0.25) is 0 Å². The van der Waals surface area contributed by atoms with Gasteiger partial charge in [-0.1, -0.05) is 13.0 Å². The summed E-state index contributed by atoms with van der Waals surface area (Å²) < 4.78 is 23.3. The molecule has 0 spiro atoms. The third-order valence-electron chi connectivity index (χ3n) is 6.68. The fourth-order valence-electron chi connectivity index (χ4n) is 4.77. The van der Waals surface area contributed by atoms with Crippen molar-refractivity contribution in [1.29, 1.82) is 0 Å². The lowest BCUT2D eigenvalue weighted by Gasteiger charge is -2.21. The molecule has 1 unspecified atom stereocenters. The molecule has 182 valence electrons. The second kappa shape index (κ2) is 8.40. The maximum absolute atomic E-state index is 14.6. The van der Waals surface area contributed by atoms with Gasteiger partial charge in [0.15, 0.2) is 5.65 Å². The molecule has 1 aliphatic carbocycles. The van der Waals surface area contributed by atoms with Crippen LogP contribution >= 0.6 is 0 Å². The Morgan fingerprint density at radius 1 is 1.14 bits per heavy atom. The van der Waals surface area contributed by atoms with Gasteiger partial charge in [0, 0.05) is 11.6 Å². The van der Waals surface area contributed by atoms with Crippen molar-refractivity contribution in [2.24, 2.45) is 0 Å². The molecule has 0 bridgehead atoms. The zero-order chi connectivity index (χ0) is 25.0. The molecule has 0 amide bonds. The topological polar surface area (TPSA) is 114 Å². The van der Waals surface area contributed by atoms with E-state index in [0.717, 1.165) is 24.2 Å². The number of methoxy groups -OCH3 is 1. The largest absolute Gasteiger partial charge is 0.497 e. The standard InChI is InChI=1S/C26H24FN7O2/c1-3-19(24-31-18-6-4-5-17(27)20(18)26(35)33(24)15-9-10-15)34-25-21(23(28)29-13-30-25)22(32-34)14-7-11-16(36-2)12-8-14/h4-8,11-13,15,19H,3,9-10H2,1-2H3,(H2,28,29,30). The van der Waals surface area contributed by atoms with Crippen LogP contribution in [0.2, 0.25) is 0 Å². The molecule has 36 heavy (non-hydrogen) atoms. The third kappa shape index (κ3) is 3.40. The molecular formula is C26H24FN7O2. The molecule has 6 rings (SSSR count). The van der Waals surface area contributed by atoms with Gasteiger partial charge in [-0.2, -0.15) is 5.10 Å². The monoisotopic (exact) mass is 485 g/mol. The summed E-state index contributed by atoms with van der Waals surface area (Å²) in [4.78, 5) is 27.0. The number of benzene rings is 2. The van der Waals surface area contributed by atoms with Crippen molar-refractivity contribution in [3.05, 3.63) is 70.8 Å². The fraction of sp³-hybridized carbons (Fsp3) is 0.269. The number of nitrogen functional groups attached to an aromatic ring is 1. The maximum atomic E-state index is 14.6. The highest BCUT2D eigenvalue weighted by Gasteiger charge is 2.33. The van der Waals surface area contributed by atoms with E-state index in [9.17, 15) is 9.18 Å². The normalized spacial score (nSPS) is 14.4. The Balaban J connectivity index is 1.61. The summed E-state index contributed by atoms with van der Waals surface area (Å²) in [5, 5.41) is 5.57. The van der Waals surface area contributed by atoms with Gasteiger partial charge < -0.3 is 10.5 Å². The second-order valence-corrected chi connectivity index (χ2v) is 8.91. The highest BCUT2D eigenvalue weighted by Crippen LogP contribution is 2.39. The lowest BCUT2D eigenvalue weighted by atomic mass is 10.1. The quantitative estimate of drug-likeness (QED) is 0.382. The molecular weight excluding hydrogens is 461 g/mol. The number of nitrogens with zero attached hydrogens (tertiary/aromatic N) is 6. The zero-order valence-corrected chi connectivity index (χ0v) is 19.8. The molecule has 10 heteroatoms. The molecule has 2 aromatic carbocycles. The SMILES string of the molecule is CCC(c1nc2cccc(F)c2c(=O)n1C1CC1)n1nc(-c2ccc(OC)cc2)c2c(N)ncnc21. The number of anilines is 1. The van der Waals surface area contributed by atoms with Gasteiger partial charge in [-0.3, -0.25) is 9.36 Å². The lowest BCUT2D eigenvalue weighted by molar-refractivity contribution is 0.415. The predicted octanol–water partition coefficient (Wildman–Crippen LogP) is 4.27. The first-order valence-corrected chi connectivity index (χ1v) is 11.9. The van der Waals surface area contributed by atoms with E-state index in [1.165, 1.54) is 12.4 Å². The number of aromatic nitrogens is 6. The molecule has 2 N–H and O–H groups in total. The van der Waals surface area contributed by atoms with E-state index in [-0.39, 0.29) is 17.0 Å². The van der Waals surface area contributed by atoms with Crippen LogP contribution in [0.4, 0.5) is 10.2 Å². The van der Waals surface area contributed by atoms with Crippen molar-refractivity contribution in [3.8, 4) is 17.0 Å². The van der Waals surface area contributed by atoms with Crippen molar-refractivity contribution in [2.45, 2.75) is 38.3 Å². The Morgan fingerprint density at radius 2 is 1.92 bits per heavy atom. The summed E-state index contributed by atoms with van der Waals surface area (Å²) in [6.45, 7) is 1.99. The van der Waals surface area contributed by atoms with Gasteiger partial charge in [0.1, 0.15) is 46.7 Å². The van der Waals surface area contributed by atoms with Crippen LogP contribution in [0.5, 0.6) is 5.75 Å². The van der Waals surface area contributed by atoms with E-state index < -0.39 is 11.9 Å². The fourth-order valence-corrected chi connectivity index (χ4v) is 4.77. The number of fused-ring (bicyclic) bond motifs is 2. The molecule has 0 aliphatic heterocycles. The van der Waals surface area contributed by atoms with E-state index in [4.69, 9.17) is 20.6 Å². The molecule has 3 aromatic heterocycles. The van der Waals surface area contributed by atoms with Crippen LogP contribution < -0.4 is 16.0 Å². The Hall–Kier alpha value is -4.34. The van der Waals surface area contributed by atoms with Crippen LogP contribution in [0.1, 0.15) is 44.1 Å². The van der Waals surface area contributed by atoms with Crippen molar-refractivity contribution < 1.29 is 9.13 Å². The first-order valence-electron chi connectivity index (χ1n) is 11.9. The molecule has 0 radical (unpaired) electrons. The summed E-state index contributed by atoms with van der Waals surface area (Å²) in [6, 6.07) is 11.6. The first kappa shape index (κ1) is 22.1. The Morgan fingerprint density at radius 3 is 2.61 bits per heavy atom. The van der Waals surface area contributed by atoms with Crippen LogP contribution in [0.15, 0.2) is 53.6 Å². The summed E-state index contributed by atoms with van der Waals surface area (Å²) >= 11 is 0. The van der Waals surface area contributed by atoms with Crippen LogP contribution in [0, 0.1) is 5.82 Å². The van der Waals surface area contributed by atoms with E-state index in [1.807, 2.05) is 31.2 Å². The van der Waals surface area contributed by atoms with E-state index >= 15 is 0 Å². The molecule has 1 fully saturated rings.